The number of carbonyl (C=O) groups is 1. The molecule has 0 unspecified atom stereocenters. The Hall–Kier alpha value is -2.10. The second kappa shape index (κ2) is 5.04. The molecule has 0 atom stereocenters. The van der Waals surface area contributed by atoms with Crippen LogP contribution in [0.2, 0.25) is 0 Å². The van der Waals surface area contributed by atoms with Crippen molar-refractivity contribution < 1.29 is 18.3 Å². The van der Waals surface area contributed by atoms with Crippen LogP contribution < -0.4 is 4.74 Å². The van der Waals surface area contributed by atoms with Gasteiger partial charge < -0.3 is 9.15 Å². The summed E-state index contributed by atoms with van der Waals surface area (Å²) in [5.41, 5.74) is 0.756. The van der Waals surface area contributed by atoms with Crippen LogP contribution in [0.25, 0.3) is 0 Å². The lowest BCUT2D eigenvalue weighted by atomic mass is 10.0. The minimum atomic E-state index is -0.551. The van der Waals surface area contributed by atoms with Gasteiger partial charge in [0.1, 0.15) is 5.76 Å². The standard InChI is InChI=1S/C14H13FO3/c1-3-12-10(6-7-18-12)14(16)9-4-5-13(17-2)11(15)8-9/h4-8H,3H2,1-2H3. The molecule has 4 heteroatoms. The van der Waals surface area contributed by atoms with Crippen molar-refractivity contribution in [3.63, 3.8) is 0 Å². The second-order valence-corrected chi connectivity index (χ2v) is 3.79. The third kappa shape index (κ3) is 2.14. The summed E-state index contributed by atoms with van der Waals surface area (Å²) in [6.45, 7) is 1.89. The first kappa shape index (κ1) is 12.4. The Labute approximate surface area is 104 Å². The quantitative estimate of drug-likeness (QED) is 0.780. The Kier molecular flexibility index (Phi) is 3.46. The Balaban J connectivity index is 2.37. The highest BCUT2D eigenvalue weighted by Gasteiger charge is 2.17. The van der Waals surface area contributed by atoms with Gasteiger partial charge in [-0.2, -0.15) is 0 Å². The van der Waals surface area contributed by atoms with Crippen molar-refractivity contribution in [2.24, 2.45) is 0 Å². The number of methoxy groups -OCH3 is 1. The molecule has 3 nitrogen and oxygen atoms in total. The number of ketones is 1. The zero-order valence-electron chi connectivity index (χ0n) is 10.2. The maximum Gasteiger partial charge on any atom is 0.196 e. The molecule has 94 valence electrons. The first-order valence-corrected chi connectivity index (χ1v) is 5.62. The summed E-state index contributed by atoms with van der Waals surface area (Å²) in [4.78, 5) is 12.2. The van der Waals surface area contributed by atoms with Gasteiger partial charge in [-0.15, -0.1) is 0 Å². The van der Waals surface area contributed by atoms with Gasteiger partial charge in [-0.1, -0.05) is 6.92 Å². The number of rotatable bonds is 4. The first-order chi connectivity index (χ1) is 8.67. The predicted octanol–water partition coefficient (Wildman–Crippen LogP) is 3.22. The molecule has 0 fully saturated rings. The number of halogens is 1. The third-order valence-corrected chi connectivity index (χ3v) is 2.73. The van der Waals surface area contributed by atoms with E-state index in [0.29, 0.717) is 17.7 Å². The lowest BCUT2D eigenvalue weighted by molar-refractivity contribution is 0.103. The fourth-order valence-electron chi connectivity index (χ4n) is 1.78. The number of hydrogen-bond donors (Lipinski definition) is 0. The van der Waals surface area contributed by atoms with Crippen molar-refractivity contribution >= 4 is 5.78 Å². The monoisotopic (exact) mass is 248 g/mol. The smallest absolute Gasteiger partial charge is 0.196 e. The second-order valence-electron chi connectivity index (χ2n) is 3.79. The Bertz CT molecular complexity index is 572. The van der Waals surface area contributed by atoms with Crippen molar-refractivity contribution in [2.45, 2.75) is 13.3 Å². The van der Waals surface area contributed by atoms with Crippen molar-refractivity contribution in [3.05, 3.63) is 53.2 Å². The average molecular weight is 248 g/mol. The van der Waals surface area contributed by atoms with Gasteiger partial charge in [0.15, 0.2) is 17.3 Å². The van der Waals surface area contributed by atoms with Gasteiger partial charge in [-0.25, -0.2) is 4.39 Å². The van der Waals surface area contributed by atoms with Crippen LogP contribution in [0.3, 0.4) is 0 Å². The molecule has 0 N–H and O–H groups in total. The van der Waals surface area contributed by atoms with E-state index < -0.39 is 5.82 Å². The summed E-state index contributed by atoms with van der Waals surface area (Å²) in [7, 11) is 1.38. The molecule has 0 radical (unpaired) electrons. The van der Waals surface area contributed by atoms with E-state index in [9.17, 15) is 9.18 Å². The summed E-state index contributed by atoms with van der Waals surface area (Å²) in [6.07, 6.45) is 2.08. The molecule has 1 aromatic heterocycles. The number of hydrogen-bond acceptors (Lipinski definition) is 3. The molecule has 0 bridgehead atoms. The zero-order valence-corrected chi connectivity index (χ0v) is 10.2. The molecular formula is C14H13FO3. The number of benzene rings is 1. The van der Waals surface area contributed by atoms with Crippen molar-refractivity contribution in [3.8, 4) is 5.75 Å². The predicted molar refractivity (Wildman–Crippen MR) is 64.5 cm³/mol. The van der Waals surface area contributed by atoms with E-state index >= 15 is 0 Å². The summed E-state index contributed by atoms with van der Waals surface area (Å²) in [5.74, 6) is -0.0715. The van der Waals surface area contributed by atoms with E-state index in [-0.39, 0.29) is 17.1 Å². The van der Waals surface area contributed by atoms with Crippen LogP contribution >= 0.6 is 0 Å². The fraction of sp³-hybridized carbons (Fsp3) is 0.214. The molecule has 2 aromatic rings. The van der Waals surface area contributed by atoms with Gasteiger partial charge in [0.2, 0.25) is 0 Å². The number of aryl methyl sites for hydroxylation is 1. The van der Waals surface area contributed by atoms with E-state index in [0.717, 1.165) is 0 Å². The molecular weight excluding hydrogens is 235 g/mol. The maximum atomic E-state index is 13.5. The summed E-state index contributed by atoms with van der Waals surface area (Å²) < 4.78 is 23.5. The fourth-order valence-corrected chi connectivity index (χ4v) is 1.78. The van der Waals surface area contributed by atoms with E-state index in [1.54, 1.807) is 6.07 Å². The van der Waals surface area contributed by atoms with E-state index in [1.165, 1.54) is 31.6 Å². The average Bonchev–Trinajstić information content (AvgIpc) is 2.86. The highest BCUT2D eigenvalue weighted by molar-refractivity contribution is 6.09. The van der Waals surface area contributed by atoms with Gasteiger partial charge in [-0.3, -0.25) is 4.79 Å². The largest absolute Gasteiger partial charge is 0.494 e. The molecule has 1 aromatic carbocycles. The van der Waals surface area contributed by atoms with E-state index in [1.807, 2.05) is 6.92 Å². The number of ether oxygens (including phenoxy) is 1. The topological polar surface area (TPSA) is 39.4 Å². The molecule has 0 aliphatic rings. The molecule has 0 saturated heterocycles. The van der Waals surface area contributed by atoms with Crippen LogP contribution in [-0.4, -0.2) is 12.9 Å². The molecule has 2 rings (SSSR count). The Morgan fingerprint density at radius 2 is 2.17 bits per heavy atom. The van der Waals surface area contributed by atoms with E-state index in [4.69, 9.17) is 9.15 Å². The maximum absolute atomic E-state index is 13.5. The third-order valence-electron chi connectivity index (χ3n) is 2.73. The van der Waals surface area contributed by atoms with Gasteiger partial charge >= 0.3 is 0 Å². The minimum Gasteiger partial charge on any atom is -0.494 e. The molecule has 0 aliphatic heterocycles. The Morgan fingerprint density at radius 1 is 1.39 bits per heavy atom. The van der Waals surface area contributed by atoms with Crippen LogP contribution in [-0.2, 0) is 6.42 Å². The van der Waals surface area contributed by atoms with Crippen LogP contribution in [0.1, 0.15) is 28.6 Å². The van der Waals surface area contributed by atoms with Crippen LogP contribution in [0, 0.1) is 5.82 Å². The highest BCUT2D eigenvalue weighted by Crippen LogP contribution is 2.21. The lowest BCUT2D eigenvalue weighted by Gasteiger charge is -2.04. The van der Waals surface area contributed by atoms with Gasteiger partial charge in [-0.05, 0) is 24.3 Å². The van der Waals surface area contributed by atoms with E-state index in [2.05, 4.69) is 0 Å². The summed E-state index contributed by atoms with van der Waals surface area (Å²) >= 11 is 0. The number of furan rings is 1. The zero-order chi connectivity index (χ0) is 13.1. The van der Waals surface area contributed by atoms with Gasteiger partial charge in [0.25, 0.3) is 0 Å². The molecule has 18 heavy (non-hydrogen) atoms. The lowest BCUT2D eigenvalue weighted by Crippen LogP contribution is -2.03. The van der Waals surface area contributed by atoms with Crippen molar-refractivity contribution in [1.82, 2.24) is 0 Å². The molecule has 1 heterocycles. The molecule has 0 saturated carbocycles. The minimum absolute atomic E-state index is 0.120. The Morgan fingerprint density at radius 3 is 2.78 bits per heavy atom. The highest BCUT2D eigenvalue weighted by atomic mass is 19.1. The molecule has 0 spiro atoms. The normalized spacial score (nSPS) is 10.4. The van der Waals surface area contributed by atoms with Crippen LogP contribution in [0.15, 0.2) is 34.9 Å². The number of carbonyl (C=O) groups excluding carboxylic acids is 1. The summed E-state index contributed by atoms with van der Waals surface area (Å²) in [6, 6.07) is 5.75. The van der Waals surface area contributed by atoms with Crippen LogP contribution in [0.5, 0.6) is 5.75 Å². The van der Waals surface area contributed by atoms with Crippen molar-refractivity contribution in [2.75, 3.05) is 7.11 Å². The molecule has 0 aliphatic carbocycles. The van der Waals surface area contributed by atoms with Gasteiger partial charge in [0.05, 0.1) is 18.9 Å². The summed E-state index contributed by atoms with van der Waals surface area (Å²) in [5, 5.41) is 0. The molecule has 0 amide bonds. The first-order valence-electron chi connectivity index (χ1n) is 5.62. The SMILES string of the molecule is CCc1occc1C(=O)c1ccc(OC)c(F)c1. The van der Waals surface area contributed by atoms with Gasteiger partial charge in [0, 0.05) is 12.0 Å². The van der Waals surface area contributed by atoms with Crippen molar-refractivity contribution in [1.29, 1.82) is 0 Å². The van der Waals surface area contributed by atoms with Crippen LogP contribution in [0.4, 0.5) is 4.39 Å².